The fourth-order valence-electron chi connectivity index (χ4n) is 4.54. The van der Waals surface area contributed by atoms with Crippen molar-refractivity contribution >= 4 is 29.3 Å². The van der Waals surface area contributed by atoms with Crippen LogP contribution in [-0.2, 0) is 32.8 Å². The number of Topliss-reactive ketones (excluding diaryl/α,β-unsaturated/α-hetero) is 2. The second kappa shape index (κ2) is 8.97. The van der Waals surface area contributed by atoms with Gasteiger partial charge in [0.25, 0.3) is 5.91 Å². The Labute approximate surface area is 198 Å². The molecule has 7 heteroatoms. The number of carbonyl (C=O) groups excluding carboxylic acids is 5. The maximum atomic E-state index is 13.2. The predicted molar refractivity (Wildman–Crippen MR) is 125 cm³/mol. The monoisotopic (exact) mass is 460 g/mol. The van der Waals surface area contributed by atoms with E-state index in [1.807, 2.05) is 24.3 Å². The molecule has 2 aliphatic heterocycles. The average molecular weight is 461 g/mol. The Morgan fingerprint density at radius 1 is 1.03 bits per heavy atom. The number of fused-ring (bicyclic) bond motifs is 1. The summed E-state index contributed by atoms with van der Waals surface area (Å²) < 4.78 is 0. The van der Waals surface area contributed by atoms with Crippen LogP contribution in [0.5, 0.6) is 0 Å². The number of amides is 3. The topological polar surface area (TPSA) is 101 Å². The molecular formula is C27H28N2O5. The molecule has 176 valence electrons. The first-order valence-electron chi connectivity index (χ1n) is 11.5. The summed E-state index contributed by atoms with van der Waals surface area (Å²) in [6, 6.07) is 11.8. The zero-order valence-corrected chi connectivity index (χ0v) is 19.6. The molecule has 0 saturated carbocycles. The summed E-state index contributed by atoms with van der Waals surface area (Å²) >= 11 is 0. The molecule has 1 fully saturated rings. The van der Waals surface area contributed by atoms with Gasteiger partial charge in [0.15, 0.2) is 0 Å². The number of rotatable bonds is 6. The Hall–Kier alpha value is -3.61. The van der Waals surface area contributed by atoms with Gasteiger partial charge in [-0.3, -0.25) is 29.3 Å². The van der Waals surface area contributed by atoms with Gasteiger partial charge < -0.3 is 4.90 Å². The van der Waals surface area contributed by atoms with E-state index in [2.05, 4.69) is 26.1 Å². The van der Waals surface area contributed by atoms with Crippen molar-refractivity contribution in [2.45, 2.75) is 64.5 Å². The van der Waals surface area contributed by atoms with E-state index < -0.39 is 23.5 Å². The highest BCUT2D eigenvalue weighted by molar-refractivity contribution is 6.43. The summed E-state index contributed by atoms with van der Waals surface area (Å²) in [5.41, 5.74) is 3.34. The Kier molecular flexibility index (Phi) is 6.21. The molecule has 1 N–H and O–H groups in total. The Bertz CT molecular complexity index is 1190. The van der Waals surface area contributed by atoms with Gasteiger partial charge in [-0.1, -0.05) is 63.2 Å². The standard InChI is InChI=1S/C27H28N2O5/c1-27(2,3)19-10-7-17(8-11-19)24(32)21(30)13-9-16-5-4-6-18-15-29(26(34)23(16)18)20-12-14-22(31)28-25(20)33/h4-8,10-11,20H,9,12-15H2,1-3H3,(H,28,31,33). The third kappa shape index (κ3) is 4.55. The van der Waals surface area contributed by atoms with E-state index in [1.54, 1.807) is 18.2 Å². The third-order valence-electron chi connectivity index (χ3n) is 6.53. The van der Waals surface area contributed by atoms with Gasteiger partial charge in [-0.05, 0) is 34.9 Å². The highest BCUT2D eigenvalue weighted by Gasteiger charge is 2.40. The van der Waals surface area contributed by atoms with Gasteiger partial charge in [0.2, 0.25) is 23.4 Å². The average Bonchev–Trinajstić information content (AvgIpc) is 3.13. The number of imide groups is 1. The van der Waals surface area contributed by atoms with E-state index in [-0.39, 0.29) is 43.0 Å². The van der Waals surface area contributed by atoms with Crippen molar-refractivity contribution in [2.24, 2.45) is 0 Å². The van der Waals surface area contributed by atoms with Gasteiger partial charge in [-0.2, -0.15) is 0 Å². The minimum Gasteiger partial charge on any atom is -0.322 e. The third-order valence-corrected chi connectivity index (χ3v) is 6.53. The van der Waals surface area contributed by atoms with Crippen LogP contribution < -0.4 is 5.32 Å². The van der Waals surface area contributed by atoms with E-state index in [9.17, 15) is 24.0 Å². The molecule has 2 aromatic rings. The van der Waals surface area contributed by atoms with Crippen molar-refractivity contribution in [2.75, 3.05) is 0 Å². The van der Waals surface area contributed by atoms with Gasteiger partial charge in [0.05, 0.1) is 0 Å². The number of hydrogen-bond donors (Lipinski definition) is 1. The molecule has 2 aromatic carbocycles. The fraction of sp³-hybridized carbons (Fsp3) is 0.370. The van der Waals surface area contributed by atoms with E-state index in [1.165, 1.54) is 4.90 Å². The highest BCUT2D eigenvalue weighted by Crippen LogP contribution is 2.30. The van der Waals surface area contributed by atoms with E-state index >= 15 is 0 Å². The van der Waals surface area contributed by atoms with Crippen LogP contribution in [0, 0.1) is 0 Å². The molecule has 2 aliphatic rings. The molecule has 0 aromatic heterocycles. The molecule has 0 bridgehead atoms. The van der Waals surface area contributed by atoms with Crippen molar-refractivity contribution in [3.05, 3.63) is 70.3 Å². The van der Waals surface area contributed by atoms with E-state index in [4.69, 9.17) is 0 Å². The summed E-state index contributed by atoms with van der Waals surface area (Å²) in [4.78, 5) is 63.7. The predicted octanol–water partition coefficient (Wildman–Crippen LogP) is 3.13. The molecule has 1 saturated heterocycles. The number of nitrogens with one attached hydrogen (secondary N) is 1. The van der Waals surface area contributed by atoms with E-state index in [0.717, 1.165) is 11.1 Å². The molecule has 34 heavy (non-hydrogen) atoms. The summed E-state index contributed by atoms with van der Waals surface area (Å²) in [5.74, 6) is -2.12. The Morgan fingerprint density at radius 2 is 1.74 bits per heavy atom. The Balaban J connectivity index is 1.45. The van der Waals surface area contributed by atoms with Gasteiger partial charge in [-0.15, -0.1) is 0 Å². The first-order valence-corrected chi connectivity index (χ1v) is 11.5. The van der Waals surface area contributed by atoms with Crippen molar-refractivity contribution < 1.29 is 24.0 Å². The summed E-state index contributed by atoms with van der Waals surface area (Å²) in [6.45, 7) is 6.52. The molecule has 3 amide bonds. The fourth-order valence-corrected chi connectivity index (χ4v) is 4.54. The van der Waals surface area contributed by atoms with Crippen LogP contribution in [0.3, 0.4) is 0 Å². The van der Waals surface area contributed by atoms with Crippen LogP contribution in [0.4, 0.5) is 0 Å². The molecule has 7 nitrogen and oxygen atoms in total. The number of carbonyl (C=O) groups is 5. The molecule has 4 rings (SSSR count). The van der Waals surface area contributed by atoms with Crippen molar-refractivity contribution in [1.29, 1.82) is 0 Å². The maximum absolute atomic E-state index is 13.2. The molecular weight excluding hydrogens is 432 g/mol. The van der Waals surface area contributed by atoms with Crippen LogP contribution in [0.2, 0.25) is 0 Å². The van der Waals surface area contributed by atoms with Gasteiger partial charge in [-0.25, -0.2) is 0 Å². The normalized spacial score (nSPS) is 18.0. The van der Waals surface area contributed by atoms with Crippen LogP contribution in [-0.4, -0.2) is 40.2 Å². The van der Waals surface area contributed by atoms with Crippen LogP contribution in [0.15, 0.2) is 42.5 Å². The molecule has 0 aliphatic carbocycles. The lowest BCUT2D eigenvalue weighted by atomic mass is 9.86. The lowest BCUT2D eigenvalue weighted by Gasteiger charge is -2.29. The van der Waals surface area contributed by atoms with E-state index in [0.29, 0.717) is 23.1 Å². The van der Waals surface area contributed by atoms with Crippen LogP contribution in [0.1, 0.15) is 77.4 Å². The minimum absolute atomic E-state index is 0.0119. The molecule has 2 heterocycles. The van der Waals surface area contributed by atoms with Crippen LogP contribution in [0.25, 0.3) is 0 Å². The quantitative estimate of drug-likeness (QED) is 0.406. The van der Waals surface area contributed by atoms with Gasteiger partial charge >= 0.3 is 0 Å². The summed E-state index contributed by atoms with van der Waals surface area (Å²) in [6.07, 6.45) is 0.724. The Morgan fingerprint density at radius 3 is 2.38 bits per heavy atom. The maximum Gasteiger partial charge on any atom is 0.255 e. The van der Waals surface area contributed by atoms with Crippen molar-refractivity contribution in [1.82, 2.24) is 10.2 Å². The van der Waals surface area contributed by atoms with Crippen LogP contribution >= 0.6 is 0 Å². The number of aryl methyl sites for hydroxylation is 1. The largest absolute Gasteiger partial charge is 0.322 e. The zero-order valence-electron chi connectivity index (χ0n) is 19.6. The number of ketones is 2. The van der Waals surface area contributed by atoms with Gasteiger partial charge in [0.1, 0.15) is 6.04 Å². The summed E-state index contributed by atoms with van der Waals surface area (Å²) in [7, 11) is 0. The number of piperidine rings is 1. The smallest absolute Gasteiger partial charge is 0.255 e. The molecule has 0 radical (unpaired) electrons. The SMILES string of the molecule is CC(C)(C)c1ccc(C(=O)C(=O)CCc2cccc3c2C(=O)N(C2CCC(=O)NC2=O)C3)cc1. The zero-order chi connectivity index (χ0) is 24.6. The highest BCUT2D eigenvalue weighted by atomic mass is 16.2. The van der Waals surface area contributed by atoms with Crippen molar-refractivity contribution in [3.63, 3.8) is 0 Å². The molecule has 0 spiro atoms. The van der Waals surface area contributed by atoms with Gasteiger partial charge in [0, 0.05) is 30.5 Å². The minimum atomic E-state index is -0.690. The molecule has 1 unspecified atom stereocenters. The molecule has 1 atom stereocenters. The van der Waals surface area contributed by atoms with Crippen molar-refractivity contribution in [3.8, 4) is 0 Å². The number of benzene rings is 2. The first kappa shape index (κ1) is 23.5. The first-order chi connectivity index (χ1) is 16.1. The second-order valence-corrected chi connectivity index (χ2v) is 9.93. The summed E-state index contributed by atoms with van der Waals surface area (Å²) in [5, 5.41) is 2.29. The lowest BCUT2D eigenvalue weighted by molar-refractivity contribution is -0.136. The number of hydrogen-bond acceptors (Lipinski definition) is 5. The number of nitrogens with zero attached hydrogens (tertiary/aromatic N) is 1. The lowest BCUT2D eigenvalue weighted by Crippen LogP contribution is -2.52. The second-order valence-electron chi connectivity index (χ2n) is 9.93.